The Morgan fingerprint density at radius 2 is 1.97 bits per heavy atom. The largest absolute Gasteiger partial charge is 0.457 e. The Morgan fingerprint density at radius 3 is 2.66 bits per heavy atom. The quantitative estimate of drug-likeness (QED) is 0.123. The molecule has 4 rings (SSSR count). The number of non-ortho nitro benzene ring substituents is 1. The van der Waals surface area contributed by atoms with Crippen LogP contribution < -0.4 is 5.32 Å². The first kappa shape index (κ1) is 24.2. The Balaban J connectivity index is 1.44. The molecule has 0 saturated heterocycles. The highest BCUT2D eigenvalue weighted by atomic mass is 35.5. The molecule has 174 valence electrons. The number of nitrogens with one attached hydrogen (secondary N) is 1. The summed E-state index contributed by atoms with van der Waals surface area (Å²) in [5, 5.41) is 24.3. The number of rotatable bonds is 7. The van der Waals surface area contributed by atoms with E-state index in [1.165, 1.54) is 29.5 Å². The fourth-order valence-corrected chi connectivity index (χ4v) is 4.39. The molecule has 2 heterocycles. The van der Waals surface area contributed by atoms with Gasteiger partial charge >= 0.3 is 0 Å². The molecule has 35 heavy (non-hydrogen) atoms. The maximum Gasteiger partial charge on any atom is 0.269 e. The van der Waals surface area contributed by atoms with E-state index in [0.29, 0.717) is 32.9 Å². The van der Waals surface area contributed by atoms with E-state index in [1.807, 2.05) is 12.1 Å². The Labute approximate surface area is 213 Å². The van der Waals surface area contributed by atoms with E-state index in [-0.39, 0.29) is 17.0 Å². The third-order valence-electron chi connectivity index (χ3n) is 4.79. The molecule has 2 aromatic carbocycles. The van der Waals surface area contributed by atoms with Crippen molar-refractivity contribution in [1.29, 1.82) is 5.26 Å². The van der Waals surface area contributed by atoms with Gasteiger partial charge in [-0.3, -0.25) is 20.2 Å². The number of thiazole rings is 1. The molecule has 0 radical (unpaired) electrons. The van der Waals surface area contributed by atoms with Gasteiger partial charge in [-0.2, -0.15) is 5.26 Å². The van der Waals surface area contributed by atoms with Crippen LogP contribution in [0.15, 0.2) is 70.8 Å². The van der Waals surface area contributed by atoms with Crippen molar-refractivity contribution in [2.24, 2.45) is 0 Å². The Morgan fingerprint density at radius 1 is 1.20 bits per heavy atom. The summed E-state index contributed by atoms with van der Waals surface area (Å²) in [4.78, 5) is 28.0. The summed E-state index contributed by atoms with van der Waals surface area (Å²) in [6.45, 7) is 0. The van der Waals surface area contributed by atoms with E-state index < -0.39 is 10.8 Å². The van der Waals surface area contributed by atoms with Crippen LogP contribution in [0, 0.1) is 21.4 Å². The lowest BCUT2D eigenvalue weighted by Crippen LogP contribution is -2.13. The molecular formula is C24H14Cl2N4O4S. The van der Waals surface area contributed by atoms with Crippen LogP contribution >= 0.6 is 34.5 Å². The minimum absolute atomic E-state index is 0.0366. The standard InChI is InChI=1S/C24H14Cl2N4O4S/c25-17-4-1-15(21(26)11-17)10-20-13-28-24(35-20)29-23(31)16(12-27)9-19-7-8-22(34-19)14-2-5-18(6-3-14)30(32)33/h1-9,11,13H,10H2,(H,28,29,31). The van der Waals surface area contributed by atoms with Crippen LogP contribution in [0.4, 0.5) is 10.8 Å². The molecule has 1 N–H and O–H groups in total. The second-order valence-corrected chi connectivity index (χ2v) is 9.13. The van der Waals surface area contributed by atoms with Gasteiger partial charge in [0.25, 0.3) is 11.6 Å². The molecule has 0 fully saturated rings. The number of hydrogen-bond acceptors (Lipinski definition) is 7. The van der Waals surface area contributed by atoms with Crippen LogP contribution in [0.25, 0.3) is 17.4 Å². The van der Waals surface area contributed by atoms with Crippen LogP contribution in [0.5, 0.6) is 0 Å². The molecule has 0 aliphatic carbocycles. The summed E-state index contributed by atoms with van der Waals surface area (Å²) >= 11 is 13.4. The zero-order valence-electron chi connectivity index (χ0n) is 17.7. The van der Waals surface area contributed by atoms with E-state index in [2.05, 4.69) is 10.3 Å². The van der Waals surface area contributed by atoms with E-state index in [0.717, 1.165) is 10.4 Å². The number of anilines is 1. The summed E-state index contributed by atoms with van der Waals surface area (Å²) in [5.41, 5.74) is 1.28. The van der Waals surface area contributed by atoms with E-state index in [1.54, 1.807) is 42.6 Å². The maximum absolute atomic E-state index is 12.6. The van der Waals surface area contributed by atoms with Crippen LogP contribution in [0.2, 0.25) is 10.0 Å². The third-order valence-corrected chi connectivity index (χ3v) is 6.29. The van der Waals surface area contributed by atoms with Crippen molar-refractivity contribution in [3.8, 4) is 17.4 Å². The van der Waals surface area contributed by atoms with Crippen LogP contribution in [0.1, 0.15) is 16.2 Å². The van der Waals surface area contributed by atoms with Crippen molar-refractivity contribution >= 4 is 57.3 Å². The summed E-state index contributed by atoms with van der Waals surface area (Å²) in [6, 6.07) is 16.2. The van der Waals surface area contributed by atoms with E-state index >= 15 is 0 Å². The van der Waals surface area contributed by atoms with E-state index in [4.69, 9.17) is 27.6 Å². The molecule has 0 spiro atoms. The van der Waals surface area contributed by atoms with Crippen LogP contribution in [-0.4, -0.2) is 15.8 Å². The number of halogens is 2. The number of furan rings is 1. The van der Waals surface area contributed by atoms with Gasteiger partial charge in [0.15, 0.2) is 5.13 Å². The third kappa shape index (κ3) is 5.94. The zero-order chi connectivity index (χ0) is 24.9. The molecule has 0 aliphatic rings. The number of amides is 1. The average Bonchev–Trinajstić information content (AvgIpc) is 3.49. The second-order valence-electron chi connectivity index (χ2n) is 7.17. The number of carbonyl (C=O) groups excluding carboxylic acids is 1. The zero-order valence-corrected chi connectivity index (χ0v) is 20.0. The van der Waals surface area contributed by atoms with Crippen molar-refractivity contribution in [2.45, 2.75) is 6.42 Å². The first-order valence-electron chi connectivity index (χ1n) is 9.99. The smallest absolute Gasteiger partial charge is 0.269 e. The van der Waals surface area contributed by atoms with Crippen molar-refractivity contribution < 1.29 is 14.1 Å². The topological polar surface area (TPSA) is 122 Å². The van der Waals surface area contributed by atoms with Gasteiger partial charge in [0.2, 0.25) is 0 Å². The SMILES string of the molecule is N#CC(=Cc1ccc(-c2ccc([N+](=O)[O-])cc2)o1)C(=O)Nc1ncc(Cc2ccc(Cl)cc2Cl)s1. The lowest BCUT2D eigenvalue weighted by molar-refractivity contribution is -0.384. The second kappa shape index (κ2) is 10.5. The monoisotopic (exact) mass is 524 g/mol. The predicted molar refractivity (Wildman–Crippen MR) is 134 cm³/mol. The van der Waals surface area contributed by atoms with Gasteiger partial charge in [-0.05, 0) is 42.0 Å². The number of hydrogen-bond donors (Lipinski definition) is 1. The van der Waals surface area contributed by atoms with Crippen molar-refractivity contribution in [3.05, 3.63) is 103 Å². The lowest BCUT2D eigenvalue weighted by Gasteiger charge is -2.02. The highest BCUT2D eigenvalue weighted by Crippen LogP contribution is 2.28. The number of nitro groups is 1. The first-order chi connectivity index (χ1) is 16.8. The number of aromatic nitrogens is 1. The normalized spacial score (nSPS) is 11.2. The Bertz CT molecular complexity index is 1490. The van der Waals surface area contributed by atoms with Gasteiger partial charge in [0.1, 0.15) is 23.2 Å². The van der Waals surface area contributed by atoms with Crippen molar-refractivity contribution in [1.82, 2.24) is 4.98 Å². The van der Waals surface area contributed by atoms with Crippen LogP contribution in [-0.2, 0) is 11.2 Å². The summed E-state index contributed by atoms with van der Waals surface area (Å²) < 4.78 is 5.68. The Kier molecular flexibility index (Phi) is 7.27. The van der Waals surface area contributed by atoms with Crippen molar-refractivity contribution in [3.63, 3.8) is 0 Å². The number of nitriles is 1. The predicted octanol–water partition coefficient (Wildman–Crippen LogP) is 6.75. The molecule has 0 bridgehead atoms. The van der Waals surface area contributed by atoms with Gasteiger partial charge in [-0.1, -0.05) is 29.3 Å². The fourth-order valence-electron chi connectivity index (χ4n) is 3.09. The fraction of sp³-hybridized carbons (Fsp3) is 0.0417. The summed E-state index contributed by atoms with van der Waals surface area (Å²) in [7, 11) is 0. The minimum atomic E-state index is -0.633. The molecule has 1 amide bonds. The van der Waals surface area contributed by atoms with Crippen LogP contribution in [0.3, 0.4) is 0 Å². The van der Waals surface area contributed by atoms with Gasteiger partial charge in [0.05, 0.1) is 4.92 Å². The van der Waals surface area contributed by atoms with Gasteiger partial charge < -0.3 is 4.42 Å². The number of benzene rings is 2. The van der Waals surface area contributed by atoms with E-state index in [9.17, 15) is 20.2 Å². The highest BCUT2D eigenvalue weighted by Gasteiger charge is 2.15. The molecule has 2 aromatic heterocycles. The van der Waals surface area contributed by atoms with Gasteiger partial charge in [-0.15, -0.1) is 11.3 Å². The minimum Gasteiger partial charge on any atom is -0.457 e. The van der Waals surface area contributed by atoms with Gasteiger partial charge in [0, 0.05) is 51.3 Å². The molecular weight excluding hydrogens is 511 g/mol. The summed E-state index contributed by atoms with van der Waals surface area (Å²) in [5.74, 6) is 0.0859. The number of carbonyl (C=O) groups is 1. The lowest BCUT2D eigenvalue weighted by atomic mass is 10.1. The Hall–Kier alpha value is -3.97. The summed E-state index contributed by atoms with van der Waals surface area (Å²) in [6.07, 6.45) is 3.46. The molecule has 0 aliphatic heterocycles. The highest BCUT2D eigenvalue weighted by molar-refractivity contribution is 7.15. The molecule has 8 nitrogen and oxygen atoms in total. The first-order valence-corrected chi connectivity index (χ1v) is 11.6. The maximum atomic E-state index is 12.6. The van der Waals surface area contributed by atoms with Crippen molar-refractivity contribution in [2.75, 3.05) is 5.32 Å². The van der Waals surface area contributed by atoms with Gasteiger partial charge in [-0.25, -0.2) is 4.98 Å². The number of nitro benzene ring substituents is 1. The molecule has 0 unspecified atom stereocenters. The number of nitrogens with zero attached hydrogens (tertiary/aromatic N) is 3. The molecule has 11 heteroatoms. The molecule has 4 aromatic rings. The molecule has 0 atom stereocenters. The molecule has 0 saturated carbocycles. The average molecular weight is 525 g/mol.